The molecule has 2 rings (SSSR count). The normalized spacial score (nSPS) is 11.2. The molecule has 4 heteroatoms. The van der Waals surface area contributed by atoms with Crippen molar-refractivity contribution in [2.75, 3.05) is 6.61 Å². The quantitative estimate of drug-likeness (QED) is 0.521. The number of ether oxygens (including phenoxy) is 2. The fourth-order valence-corrected chi connectivity index (χ4v) is 2.94. The zero-order chi connectivity index (χ0) is 17.9. The number of aryl methyl sites for hydroxylation is 2. The van der Waals surface area contributed by atoms with Crippen molar-refractivity contribution < 1.29 is 14.3 Å². The summed E-state index contributed by atoms with van der Waals surface area (Å²) in [6, 6.07) is 11.5. The maximum atomic E-state index is 12.2. The Hall–Kier alpha value is -1.81. The largest absolute Gasteiger partial charge is 0.481 e. The van der Waals surface area contributed by atoms with Crippen LogP contribution in [0.3, 0.4) is 0 Å². The van der Waals surface area contributed by atoms with Gasteiger partial charge in [-0.2, -0.15) is 0 Å². The molecule has 24 heavy (non-hydrogen) atoms. The number of hydrogen-bond acceptors (Lipinski definition) is 3. The molecule has 0 spiro atoms. The van der Waals surface area contributed by atoms with Crippen LogP contribution >= 0.6 is 15.9 Å². The standard InChI is InChI=1S/C20H23BrO3/c1-13-6-8-17(15(10-13)20(3,4)5)24-19(22)12-23-18-9-7-14(2)11-16(18)21/h6-11H,12H2,1-5H3. The summed E-state index contributed by atoms with van der Waals surface area (Å²) < 4.78 is 11.9. The summed E-state index contributed by atoms with van der Waals surface area (Å²) in [6.07, 6.45) is 0. The van der Waals surface area contributed by atoms with Crippen molar-refractivity contribution in [3.63, 3.8) is 0 Å². The van der Waals surface area contributed by atoms with Crippen LogP contribution in [-0.2, 0) is 10.2 Å². The van der Waals surface area contributed by atoms with Gasteiger partial charge in [-0.05, 0) is 59.0 Å². The van der Waals surface area contributed by atoms with Crippen LogP contribution in [-0.4, -0.2) is 12.6 Å². The molecular weight excluding hydrogens is 368 g/mol. The highest BCUT2D eigenvalue weighted by atomic mass is 79.9. The molecule has 0 fully saturated rings. The number of rotatable bonds is 4. The van der Waals surface area contributed by atoms with Crippen LogP contribution in [0.5, 0.6) is 11.5 Å². The van der Waals surface area contributed by atoms with Gasteiger partial charge >= 0.3 is 5.97 Å². The van der Waals surface area contributed by atoms with Crippen molar-refractivity contribution in [2.45, 2.75) is 40.0 Å². The highest BCUT2D eigenvalue weighted by Gasteiger charge is 2.21. The summed E-state index contributed by atoms with van der Waals surface area (Å²) in [5.74, 6) is 0.791. The maximum absolute atomic E-state index is 12.2. The van der Waals surface area contributed by atoms with Crippen LogP contribution in [0.25, 0.3) is 0 Å². The second-order valence-corrected chi connectivity index (χ2v) is 7.80. The van der Waals surface area contributed by atoms with Crippen molar-refractivity contribution in [1.29, 1.82) is 0 Å². The van der Waals surface area contributed by atoms with Gasteiger partial charge in [0.1, 0.15) is 11.5 Å². The SMILES string of the molecule is Cc1ccc(OCC(=O)Oc2ccc(C)cc2C(C)(C)C)c(Br)c1. The van der Waals surface area contributed by atoms with E-state index in [0.29, 0.717) is 11.5 Å². The van der Waals surface area contributed by atoms with Crippen LogP contribution in [0.15, 0.2) is 40.9 Å². The lowest BCUT2D eigenvalue weighted by Crippen LogP contribution is -2.21. The zero-order valence-electron chi connectivity index (χ0n) is 14.8. The third-order valence-corrected chi connectivity index (χ3v) is 4.22. The van der Waals surface area contributed by atoms with Gasteiger partial charge in [0.25, 0.3) is 0 Å². The Balaban J connectivity index is 2.08. The van der Waals surface area contributed by atoms with E-state index in [9.17, 15) is 4.79 Å². The second-order valence-electron chi connectivity index (χ2n) is 6.95. The minimum absolute atomic E-state index is 0.109. The first-order valence-corrected chi connectivity index (χ1v) is 8.67. The Labute approximate surface area is 152 Å². The lowest BCUT2D eigenvalue weighted by atomic mass is 9.85. The average molecular weight is 391 g/mol. The molecule has 0 amide bonds. The van der Waals surface area contributed by atoms with Crippen molar-refractivity contribution in [2.24, 2.45) is 0 Å². The summed E-state index contributed by atoms with van der Waals surface area (Å²) in [5, 5.41) is 0. The first-order chi connectivity index (χ1) is 11.2. The van der Waals surface area contributed by atoms with Crippen LogP contribution < -0.4 is 9.47 Å². The van der Waals surface area contributed by atoms with Gasteiger partial charge in [-0.3, -0.25) is 0 Å². The Morgan fingerprint density at radius 2 is 1.58 bits per heavy atom. The highest BCUT2D eigenvalue weighted by Crippen LogP contribution is 2.32. The minimum Gasteiger partial charge on any atom is -0.481 e. The third-order valence-electron chi connectivity index (χ3n) is 3.60. The fraction of sp³-hybridized carbons (Fsp3) is 0.350. The molecule has 0 aliphatic carbocycles. The Kier molecular flexibility index (Phi) is 5.70. The number of benzene rings is 2. The highest BCUT2D eigenvalue weighted by molar-refractivity contribution is 9.10. The molecule has 0 saturated carbocycles. The molecular formula is C20H23BrO3. The van der Waals surface area contributed by atoms with E-state index in [1.807, 2.05) is 44.2 Å². The van der Waals surface area contributed by atoms with Crippen LogP contribution in [0.1, 0.15) is 37.5 Å². The predicted octanol–water partition coefficient (Wildman–Crippen LogP) is 5.35. The smallest absolute Gasteiger partial charge is 0.349 e. The van der Waals surface area contributed by atoms with Gasteiger partial charge in [0.2, 0.25) is 0 Å². The van der Waals surface area contributed by atoms with Crippen LogP contribution in [0.4, 0.5) is 0 Å². The molecule has 0 radical (unpaired) electrons. The van der Waals surface area contributed by atoms with Gasteiger partial charge in [-0.15, -0.1) is 0 Å². The zero-order valence-corrected chi connectivity index (χ0v) is 16.4. The second kappa shape index (κ2) is 7.39. The van der Waals surface area contributed by atoms with Gasteiger partial charge in [-0.25, -0.2) is 4.79 Å². The van der Waals surface area contributed by atoms with Gasteiger partial charge in [0, 0.05) is 5.56 Å². The number of halogens is 1. The van der Waals surface area contributed by atoms with Gasteiger partial charge in [-0.1, -0.05) is 44.5 Å². The van der Waals surface area contributed by atoms with Gasteiger partial charge < -0.3 is 9.47 Å². The first kappa shape index (κ1) is 18.5. The summed E-state index contributed by atoms with van der Waals surface area (Å²) in [7, 11) is 0. The van der Waals surface area contributed by atoms with Crippen LogP contribution in [0, 0.1) is 13.8 Å². The van der Waals surface area contributed by atoms with E-state index >= 15 is 0 Å². The number of carbonyl (C=O) groups excluding carboxylic acids is 1. The average Bonchev–Trinajstić information content (AvgIpc) is 2.47. The molecule has 2 aromatic carbocycles. The Bertz CT molecular complexity index is 745. The summed E-state index contributed by atoms with van der Waals surface area (Å²) in [4.78, 5) is 12.2. The van der Waals surface area contributed by atoms with E-state index in [-0.39, 0.29) is 12.0 Å². The molecule has 0 bridgehead atoms. The van der Waals surface area contributed by atoms with E-state index in [0.717, 1.165) is 21.2 Å². The Morgan fingerprint density at radius 3 is 2.17 bits per heavy atom. The molecule has 0 N–H and O–H groups in total. The third kappa shape index (κ3) is 4.84. The Morgan fingerprint density at radius 1 is 1.00 bits per heavy atom. The van der Waals surface area contributed by atoms with Gasteiger partial charge in [0.15, 0.2) is 6.61 Å². The molecule has 2 aromatic rings. The summed E-state index contributed by atoms with van der Waals surface area (Å²) >= 11 is 3.43. The first-order valence-electron chi connectivity index (χ1n) is 7.87. The molecule has 0 aliphatic heterocycles. The van der Waals surface area contributed by atoms with Crippen molar-refractivity contribution >= 4 is 21.9 Å². The molecule has 0 atom stereocenters. The monoisotopic (exact) mass is 390 g/mol. The summed E-state index contributed by atoms with van der Waals surface area (Å²) in [5.41, 5.74) is 3.15. The number of hydrogen-bond donors (Lipinski definition) is 0. The molecule has 0 saturated heterocycles. The van der Waals surface area contributed by atoms with Crippen LogP contribution in [0.2, 0.25) is 0 Å². The molecule has 0 aromatic heterocycles. The maximum Gasteiger partial charge on any atom is 0.349 e. The lowest BCUT2D eigenvalue weighted by Gasteiger charge is -2.22. The molecule has 0 heterocycles. The number of esters is 1. The van der Waals surface area contributed by atoms with Crippen molar-refractivity contribution in [1.82, 2.24) is 0 Å². The van der Waals surface area contributed by atoms with Crippen molar-refractivity contribution in [3.8, 4) is 11.5 Å². The fourth-order valence-electron chi connectivity index (χ4n) is 2.33. The van der Waals surface area contributed by atoms with E-state index in [1.54, 1.807) is 0 Å². The molecule has 128 valence electrons. The lowest BCUT2D eigenvalue weighted by molar-refractivity contribution is -0.136. The molecule has 0 unspecified atom stereocenters. The predicted molar refractivity (Wildman–Crippen MR) is 99.9 cm³/mol. The molecule has 3 nitrogen and oxygen atoms in total. The van der Waals surface area contributed by atoms with E-state index in [1.165, 1.54) is 0 Å². The van der Waals surface area contributed by atoms with Crippen molar-refractivity contribution in [3.05, 3.63) is 57.6 Å². The summed E-state index contributed by atoms with van der Waals surface area (Å²) in [6.45, 7) is 10.2. The topological polar surface area (TPSA) is 35.5 Å². The number of carbonyl (C=O) groups is 1. The molecule has 0 aliphatic rings. The van der Waals surface area contributed by atoms with E-state index < -0.39 is 5.97 Å². The van der Waals surface area contributed by atoms with E-state index in [2.05, 4.69) is 42.8 Å². The van der Waals surface area contributed by atoms with Gasteiger partial charge in [0.05, 0.1) is 4.47 Å². The minimum atomic E-state index is -0.420. The van der Waals surface area contributed by atoms with E-state index in [4.69, 9.17) is 9.47 Å².